The first-order chi connectivity index (χ1) is 9.49. The Hall–Kier alpha value is -2.00. The molecule has 2 N–H and O–H groups in total. The Kier molecular flexibility index (Phi) is 2.94. The molecule has 0 saturated carbocycles. The lowest BCUT2D eigenvalue weighted by Gasteiger charge is -2.06. The summed E-state index contributed by atoms with van der Waals surface area (Å²) in [6.45, 7) is 0.273. The average Bonchev–Trinajstić information content (AvgIpc) is 3.02. The van der Waals surface area contributed by atoms with Gasteiger partial charge < -0.3 is 5.73 Å². The molecule has 0 aliphatic rings. The van der Waals surface area contributed by atoms with E-state index in [1.54, 1.807) is 5.38 Å². The Balaban J connectivity index is 2.16. The quantitative estimate of drug-likeness (QED) is 0.788. The van der Waals surface area contributed by atoms with Crippen molar-refractivity contribution >= 4 is 17.0 Å². The first-order valence-electron chi connectivity index (χ1n) is 5.56. The van der Waals surface area contributed by atoms with E-state index in [4.69, 9.17) is 5.73 Å². The van der Waals surface area contributed by atoms with Crippen LogP contribution in [0.2, 0.25) is 0 Å². The SMILES string of the molecule is NCc1nc(-c2nnc3ccc(C(F)(F)F)cn23)cs1. The van der Waals surface area contributed by atoms with Crippen molar-refractivity contribution in [3.05, 3.63) is 34.3 Å². The summed E-state index contributed by atoms with van der Waals surface area (Å²) in [5, 5.41) is 10.1. The van der Waals surface area contributed by atoms with Crippen LogP contribution in [0.3, 0.4) is 0 Å². The van der Waals surface area contributed by atoms with Crippen molar-refractivity contribution in [2.45, 2.75) is 12.7 Å². The van der Waals surface area contributed by atoms with Crippen molar-refractivity contribution in [2.75, 3.05) is 0 Å². The van der Waals surface area contributed by atoms with Crippen LogP contribution in [0.25, 0.3) is 17.2 Å². The highest BCUT2D eigenvalue weighted by Crippen LogP contribution is 2.30. The van der Waals surface area contributed by atoms with E-state index in [0.717, 1.165) is 12.3 Å². The molecule has 0 radical (unpaired) electrons. The monoisotopic (exact) mass is 299 g/mol. The molecule has 5 nitrogen and oxygen atoms in total. The Bertz CT molecular complexity index is 761. The van der Waals surface area contributed by atoms with Crippen molar-refractivity contribution < 1.29 is 13.2 Å². The molecule has 0 saturated heterocycles. The van der Waals surface area contributed by atoms with Crippen LogP contribution in [-0.2, 0) is 12.7 Å². The maximum atomic E-state index is 12.7. The van der Waals surface area contributed by atoms with Crippen molar-refractivity contribution in [1.82, 2.24) is 19.6 Å². The number of halogens is 3. The van der Waals surface area contributed by atoms with E-state index in [0.29, 0.717) is 16.3 Å². The highest BCUT2D eigenvalue weighted by molar-refractivity contribution is 7.09. The molecule has 3 rings (SSSR count). The summed E-state index contributed by atoms with van der Waals surface area (Å²) in [5.41, 5.74) is 5.49. The van der Waals surface area contributed by atoms with Gasteiger partial charge in [0.1, 0.15) is 10.7 Å². The molecule has 0 amide bonds. The van der Waals surface area contributed by atoms with E-state index < -0.39 is 11.7 Å². The van der Waals surface area contributed by atoms with Gasteiger partial charge in [-0.25, -0.2) is 4.98 Å². The topological polar surface area (TPSA) is 69.1 Å². The van der Waals surface area contributed by atoms with Crippen LogP contribution >= 0.6 is 11.3 Å². The summed E-state index contributed by atoms with van der Waals surface area (Å²) in [6.07, 6.45) is -3.45. The first-order valence-corrected chi connectivity index (χ1v) is 6.44. The molecule has 0 bridgehead atoms. The minimum atomic E-state index is -4.42. The average molecular weight is 299 g/mol. The predicted molar refractivity (Wildman–Crippen MR) is 67.0 cm³/mol. The summed E-state index contributed by atoms with van der Waals surface area (Å²) < 4.78 is 39.5. The number of nitrogens with zero attached hydrogens (tertiary/aromatic N) is 4. The van der Waals surface area contributed by atoms with Crippen LogP contribution in [0.4, 0.5) is 13.2 Å². The molecule has 0 fully saturated rings. The van der Waals surface area contributed by atoms with E-state index in [1.807, 2.05) is 0 Å². The van der Waals surface area contributed by atoms with Gasteiger partial charge in [-0.1, -0.05) is 0 Å². The van der Waals surface area contributed by atoms with Gasteiger partial charge >= 0.3 is 6.18 Å². The van der Waals surface area contributed by atoms with E-state index in [-0.39, 0.29) is 12.4 Å². The molecule has 0 aliphatic carbocycles. The second kappa shape index (κ2) is 4.53. The summed E-state index contributed by atoms with van der Waals surface area (Å²) in [4.78, 5) is 4.20. The van der Waals surface area contributed by atoms with Gasteiger partial charge in [-0.3, -0.25) is 4.40 Å². The lowest BCUT2D eigenvalue weighted by Crippen LogP contribution is -2.06. The highest BCUT2D eigenvalue weighted by atomic mass is 32.1. The largest absolute Gasteiger partial charge is 0.417 e. The van der Waals surface area contributed by atoms with Crippen LogP contribution < -0.4 is 5.73 Å². The van der Waals surface area contributed by atoms with Crippen LogP contribution in [0.1, 0.15) is 10.6 Å². The van der Waals surface area contributed by atoms with Gasteiger partial charge in [0.05, 0.1) is 5.56 Å². The number of alkyl halides is 3. The summed E-state index contributed by atoms with van der Waals surface area (Å²) in [5.74, 6) is 0.266. The van der Waals surface area contributed by atoms with Gasteiger partial charge in [-0.05, 0) is 12.1 Å². The minimum Gasteiger partial charge on any atom is -0.325 e. The second-order valence-electron chi connectivity index (χ2n) is 4.00. The van der Waals surface area contributed by atoms with Gasteiger partial charge in [0.15, 0.2) is 11.5 Å². The Labute approximate surface area is 114 Å². The Morgan fingerprint density at radius 1 is 1.25 bits per heavy atom. The molecule has 104 valence electrons. The highest BCUT2D eigenvalue weighted by Gasteiger charge is 2.31. The number of thiazole rings is 1. The zero-order chi connectivity index (χ0) is 14.3. The molecule has 0 atom stereocenters. The fourth-order valence-corrected chi connectivity index (χ4v) is 2.39. The standard InChI is InChI=1S/C11H8F3N5S/c12-11(13,14)6-1-2-8-17-18-10(19(8)4-6)7-5-20-9(3-15)16-7/h1-2,4-5H,3,15H2. The lowest BCUT2D eigenvalue weighted by molar-refractivity contribution is -0.137. The number of hydrogen-bond donors (Lipinski definition) is 1. The Morgan fingerprint density at radius 3 is 2.70 bits per heavy atom. The normalized spacial score (nSPS) is 12.2. The summed E-state index contributed by atoms with van der Waals surface area (Å²) >= 11 is 1.33. The molecule has 0 spiro atoms. The van der Waals surface area contributed by atoms with Gasteiger partial charge in [-0.2, -0.15) is 13.2 Å². The summed E-state index contributed by atoms with van der Waals surface area (Å²) in [6, 6.07) is 2.25. The third-order valence-corrected chi connectivity index (χ3v) is 3.56. The minimum absolute atomic E-state index is 0.266. The number of pyridine rings is 1. The van der Waals surface area contributed by atoms with Crippen LogP contribution in [0.5, 0.6) is 0 Å². The molecule has 3 aromatic rings. The van der Waals surface area contributed by atoms with Gasteiger partial charge in [0.2, 0.25) is 0 Å². The van der Waals surface area contributed by atoms with Crippen molar-refractivity contribution in [3.63, 3.8) is 0 Å². The molecular formula is C11H8F3N5S. The van der Waals surface area contributed by atoms with E-state index in [2.05, 4.69) is 15.2 Å². The molecule has 20 heavy (non-hydrogen) atoms. The van der Waals surface area contributed by atoms with Crippen molar-refractivity contribution in [2.24, 2.45) is 5.73 Å². The predicted octanol–water partition coefficient (Wildman–Crippen LogP) is 2.33. The first kappa shape index (κ1) is 13.0. The molecule has 0 aromatic carbocycles. The number of hydrogen-bond acceptors (Lipinski definition) is 5. The fourth-order valence-electron chi connectivity index (χ4n) is 1.74. The third-order valence-electron chi connectivity index (χ3n) is 2.69. The maximum absolute atomic E-state index is 12.7. The zero-order valence-electron chi connectivity index (χ0n) is 9.92. The molecule has 0 unspecified atom stereocenters. The molecule has 9 heteroatoms. The molecule has 3 heterocycles. The zero-order valence-corrected chi connectivity index (χ0v) is 10.7. The maximum Gasteiger partial charge on any atom is 0.417 e. The summed E-state index contributed by atoms with van der Waals surface area (Å²) in [7, 11) is 0. The molecule has 3 aromatic heterocycles. The van der Waals surface area contributed by atoms with Crippen molar-refractivity contribution in [3.8, 4) is 11.5 Å². The Morgan fingerprint density at radius 2 is 2.05 bits per heavy atom. The van der Waals surface area contributed by atoms with E-state index >= 15 is 0 Å². The van der Waals surface area contributed by atoms with Gasteiger partial charge in [0, 0.05) is 18.1 Å². The van der Waals surface area contributed by atoms with E-state index in [1.165, 1.54) is 21.8 Å². The van der Waals surface area contributed by atoms with Gasteiger partial charge in [-0.15, -0.1) is 21.5 Å². The number of nitrogens with two attached hydrogens (primary N) is 1. The van der Waals surface area contributed by atoms with Gasteiger partial charge in [0.25, 0.3) is 0 Å². The number of rotatable bonds is 2. The molecular weight excluding hydrogens is 291 g/mol. The fraction of sp³-hybridized carbons (Fsp3) is 0.182. The second-order valence-corrected chi connectivity index (χ2v) is 4.94. The van der Waals surface area contributed by atoms with E-state index in [9.17, 15) is 13.2 Å². The third kappa shape index (κ3) is 2.14. The van der Waals surface area contributed by atoms with Crippen LogP contribution in [-0.4, -0.2) is 19.6 Å². The smallest absolute Gasteiger partial charge is 0.325 e. The number of fused-ring (bicyclic) bond motifs is 1. The lowest BCUT2D eigenvalue weighted by atomic mass is 10.3. The van der Waals surface area contributed by atoms with Crippen LogP contribution in [0, 0.1) is 0 Å². The van der Waals surface area contributed by atoms with Crippen molar-refractivity contribution in [1.29, 1.82) is 0 Å². The van der Waals surface area contributed by atoms with Crippen LogP contribution in [0.15, 0.2) is 23.7 Å². The number of aromatic nitrogens is 4. The molecule has 0 aliphatic heterocycles.